The summed E-state index contributed by atoms with van der Waals surface area (Å²) in [6.07, 6.45) is 2.19. The van der Waals surface area contributed by atoms with Gasteiger partial charge in [-0.1, -0.05) is 18.2 Å². The zero-order chi connectivity index (χ0) is 18.4. The van der Waals surface area contributed by atoms with Crippen LogP contribution >= 0.6 is 0 Å². The summed E-state index contributed by atoms with van der Waals surface area (Å²) in [5.41, 5.74) is 2.94. The van der Waals surface area contributed by atoms with Gasteiger partial charge in [-0.2, -0.15) is 0 Å². The number of carbonyl (C=O) groups excluding carboxylic acids is 2. The van der Waals surface area contributed by atoms with Crippen LogP contribution in [0.15, 0.2) is 42.5 Å². The highest BCUT2D eigenvalue weighted by atomic mass is 16.7. The Balaban J connectivity index is 1.37. The summed E-state index contributed by atoms with van der Waals surface area (Å²) < 4.78 is 10.7. The lowest BCUT2D eigenvalue weighted by Crippen LogP contribution is -2.40. The van der Waals surface area contributed by atoms with Gasteiger partial charge in [0.2, 0.25) is 18.6 Å². The Morgan fingerprint density at radius 2 is 1.93 bits per heavy atom. The molecule has 6 heteroatoms. The average molecular weight is 364 g/mol. The van der Waals surface area contributed by atoms with Crippen molar-refractivity contribution >= 4 is 23.2 Å². The first-order valence-corrected chi connectivity index (χ1v) is 9.30. The smallest absolute Gasteiger partial charge is 0.232 e. The van der Waals surface area contributed by atoms with Crippen molar-refractivity contribution in [2.45, 2.75) is 19.3 Å². The van der Waals surface area contributed by atoms with Gasteiger partial charge in [0.1, 0.15) is 0 Å². The largest absolute Gasteiger partial charge is 0.454 e. The summed E-state index contributed by atoms with van der Waals surface area (Å²) in [5.74, 6) is 1.01. The number of benzene rings is 2. The molecule has 0 saturated carbocycles. The number of nitrogens with zero attached hydrogens (tertiary/aromatic N) is 2. The molecule has 5 rings (SSSR count). The fourth-order valence-corrected chi connectivity index (χ4v) is 4.16. The van der Waals surface area contributed by atoms with Crippen LogP contribution in [0.25, 0.3) is 0 Å². The Morgan fingerprint density at radius 1 is 1.07 bits per heavy atom. The van der Waals surface area contributed by atoms with Crippen LogP contribution in [0.2, 0.25) is 0 Å². The summed E-state index contributed by atoms with van der Waals surface area (Å²) in [4.78, 5) is 29.3. The topological polar surface area (TPSA) is 59.1 Å². The molecule has 0 unspecified atom stereocenters. The van der Waals surface area contributed by atoms with E-state index in [1.807, 2.05) is 35.2 Å². The third kappa shape index (κ3) is 2.72. The number of hydrogen-bond acceptors (Lipinski definition) is 4. The van der Waals surface area contributed by atoms with E-state index in [4.69, 9.17) is 9.47 Å². The van der Waals surface area contributed by atoms with E-state index in [0.29, 0.717) is 24.6 Å². The minimum Gasteiger partial charge on any atom is -0.454 e. The highest BCUT2D eigenvalue weighted by molar-refractivity contribution is 6.05. The predicted octanol–water partition coefficient (Wildman–Crippen LogP) is 2.75. The molecule has 2 amide bonds. The molecule has 1 atom stereocenters. The Morgan fingerprint density at radius 3 is 2.85 bits per heavy atom. The molecule has 0 radical (unpaired) electrons. The van der Waals surface area contributed by atoms with E-state index in [-0.39, 0.29) is 30.9 Å². The first-order valence-electron chi connectivity index (χ1n) is 9.30. The summed E-state index contributed by atoms with van der Waals surface area (Å²) in [5, 5.41) is 0. The minimum atomic E-state index is -0.325. The molecule has 0 N–H and O–H groups in total. The molecule has 138 valence electrons. The lowest BCUT2D eigenvalue weighted by molar-refractivity contribution is -0.124. The second kappa shape index (κ2) is 6.30. The van der Waals surface area contributed by atoms with Crippen molar-refractivity contribution in [1.29, 1.82) is 0 Å². The van der Waals surface area contributed by atoms with Crippen molar-refractivity contribution in [3.8, 4) is 11.5 Å². The normalized spacial score (nSPS) is 20.7. The number of rotatable bonds is 2. The number of hydrogen-bond donors (Lipinski definition) is 0. The monoisotopic (exact) mass is 364 g/mol. The first kappa shape index (κ1) is 16.2. The summed E-state index contributed by atoms with van der Waals surface area (Å²) in [6, 6.07) is 13.5. The van der Waals surface area contributed by atoms with Crippen molar-refractivity contribution in [1.82, 2.24) is 0 Å². The van der Waals surface area contributed by atoms with Crippen LogP contribution in [-0.2, 0) is 16.0 Å². The second-order valence-corrected chi connectivity index (χ2v) is 7.17. The Labute approximate surface area is 157 Å². The fraction of sp³-hybridized carbons (Fsp3) is 0.333. The van der Waals surface area contributed by atoms with Crippen molar-refractivity contribution in [2.75, 3.05) is 29.7 Å². The number of carbonyl (C=O) groups is 2. The van der Waals surface area contributed by atoms with Gasteiger partial charge < -0.3 is 19.3 Å². The molecule has 6 nitrogen and oxygen atoms in total. The molecule has 2 aromatic carbocycles. The standard InChI is InChI=1S/C21H20N2O4/c24-20-10-15(12-23(20)16-7-8-18-19(11-16)27-13-26-18)21(25)22-9-3-5-14-4-1-2-6-17(14)22/h1-2,4,6-8,11,15H,3,5,9-10,12-13H2/t15-/m1/s1. The van der Waals surface area contributed by atoms with E-state index in [0.717, 1.165) is 24.2 Å². The quantitative estimate of drug-likeness (QED) is 0.822. The van der Waals surface area contributed by atoms with Crippen LogP contribution in [-0.4, -0.2) is 31.7 Å². The van der Waals surface area contributed by atoms with Gasteiger partial charge >= 0.3 is 0 Å². The highest BCUT2D eigenvalue weighted by Gasteiger charge is 2.38. The van der Waals surface area contributed by atoms with Crippen LogP contribution in [0.3, 0.4) is 0 Å². The first-order chi connectivity index (χ1) is 13.2. The number of ether oxygens (including phenoxy) is 2. The number of anilines is 2. The molecule has 2 aromatic rings. The molecular formula is C21H20N2O4. The summed E-state index contributed by atoms with van der Waals surface area (Å²) >= 11 is 0. The molecule has 1 saturated heterocycles. The minimum absolute atomic E-state index is 0.0301. The maximum Gasteiger partial charge on any atom is 0.232 e. The fourth-order valence-electron chi connectivity index (χ4n) is 4.16. The van der Waals surface area contributed by atoms with Gasteiger partial charge in [-0.05, 0) is 36.6 Å². The van der Waals surface area contributed by atoms with Crippen LogP contribution in [0, 0.1) is 5.92 Å². The van der Waals surface area contributed by atoms with E-state index in [9.17, 15) is 9.59 Å². The molecule has 0 aromatic heterocycles. The van der Waals surface area contributed by atoms with Crippen molar-refractivity contribution in [3.05, 3.63) is 48.0 Å². The Bertz CT molecular complexity index is 926. The van der Waals surface area contributed by atoms with E-state index in [2.05, 4.69) is 6.07 Å². The van der Waals surface area contributed by atoms with Crippen molar-refractivity contribution < 1.29 is 19.1 Å². The van der Waals surface area contributed by atoms with Gasteiger partial charge in [0.15, 0.2) is 11.5 Å². The third-order valence-electron chi connectivity index (χ3n) is 5.52. The number of aryl methyl sites for hydroxylation is 1. The second-order valence-electron chi connectivity index (χ2n) is 7.17. The number of para-hydroxylation sites is 1. The third-order valence-corrected chi connectivity index (χ3v) is 5.52. The molecule has 1 fully saturated rings. The maximum absolute atomic E-state index is 13.2. The molecule has 27 heavy (non-hydrogen) atoms. The van der Waals surface area contributed by atoms with Crippen LogP contribution in [0.4, 0.5) is 11.4 Å². The Kier molecular flexibility index (Phi) is 3.77. The summed E-state index contributed by atoms with van der Waals surface area (Å²) in [6.45, 7) is 1.31. The molecule has 0 spiro atoms. The van der Waals surface area contributed by atoms with Gasteiger partial charge in [0, 0.05) is 37.0 Å². The zero-order valence-corrected chi connectivity index (χ0v) is 14.9. The SMILES string of the molecule is O=C1C[C@@H](C(=O)N2CCCc3ccccc32)CN1c1ccc2c(c1)OCO2. The Hall–Kier alpha value is -3.02. The van der Waals surface area contributed by atoms with Crippen molar-refractivity contribution in [3.63, 3.8) is 0 Å². The zero-order valence-electron chi connectivity index (χ0n) is 14.9. The lowest BCUT2D eigenvalue weighted by atomic mass is 9.99. The van der Waals surface area contributed by atoms with Gasteiger partial charge in [-0.15, -0.1) is 0 Å². The van der Waals surface area contributed by atoms with E-state index in [1.54, 1.807) is 11.0 Å². The lowest BCUT2D eigenvalue weighted by Gasteiger charge is -2.31. The molecule has 0 aliphatic carbocycles. The van der Waals surface area contributed by atoms with Gasteiger partial charge in [0.05, 0.1) is 5.92 Å². The number of amides is 2. The maximum atomic E-state index is 13.2. The molecule has 3 heterocycles. The van der Waals surface area contributed by atoms with Crippen molar-refractivity contribution in [2.24, 2.45) is 5.92 Å². The van der Waals surface area contributed by atoms with Gasteiger partial charge in [0.25, 0.3) is 0 Å². The van der Waals surface area contributed by atoms with Gasteiger partial charge in [-0.25, -0.2) is 0 Å². The van der Waals surface area contributed by atoms with Crippen LogP contribution in [0.1, 0.15) is 18.4 Å². The molecule has 3 aliphatic heterocycles. The highest BCUT2D eigenvalue weighted by Crippen LogP contribution is 2.38. The van der Waals surface area contributed by atoms with E-state index < -0.39 is 0 Å². The summed E-state index contributed by atoms with van der Waals surface area (Å²) in [7, 11) is 0. The van der Waals surface area contributed by atoms with Gasteiger partial charge in [-0.3, -0.25) is 9.59 Å². The van der Waals surface area contributed by atoms with Crippen LogP contribution < -0.4 is 19.3 Å². The predicted molar refractivity (Wildman–Crippen MR) is 100 cm³/mol. The van der Waals surface area contributed by atoms with E-state index in [1.165, 1.54) is 5.56 Å². The van der Waals surface area contributed by atoms with E-state index >= 15 is 0 Å². The van der Waals surface area contributed by atoms with Crippen LogP contribution in [0.5, 0.6) is 11.5 Å². The molecule has 0 bridgehead atoms. The average Bonchev–Trinajstić information content (AvgIpc) is 3.32. The number of fused-ring (bicyclic) bond motifs is 2. The molecule has 3 aliphatic rings. The molecular weight excluding hydrogens is 344 g/mol.